The van der Waals surface area contributed by atoms with Crippen LogP contribution >= 0.6 is 0 Å². The van der Waals surface area contributed by atoms with Gasteiger partial charge in [0.2, 0.25) is 12.7 Å². The van der Waals surface area contributed by atoms with Crippen molar-refractivity contribution in [3.63, 3.8) is 0 Å². The minimum absolute atomic E-state index is 0.0625. The summed E-state index contributed by atoms with van der Waals surface area (Å²) in [5, 5.41) is 0. The second kappa shape index (κ2) is 8.00. The first kappa shape index (κ1) is 18.5. The van der Waals surface area contributed by atoms with Gasteiger partial charge in [0.1, 0.15) is 5.82 Å². The van der Waals surface area contributed by atoms with E-state index in [9.17, 15) is 14.0 Å². The number of rotatable bonds is 6. The Hall–Kier alpha value is -2.89. The molecule has 0 aliphatic carbocycles. The lowest BCUT2D eigenvalue weighted by Gasteiger charge is -2.17. The topological polar surface area (TPSA) is 55.8 Å². The summed E-state index contributed by atoms with van der Waals surface area (Å²) in [6.07, 6.45) is 2.05. The lowest BCUT2D eigenvalue weighted by molar-refractivity contribution is -0.130. The van der Waals surface area contributed by atoms with Crippen molar-refractivity contribution >= 4 is 11.7 Å². The fraction of sp³-hybridized carbons (Fsp3) is 0.364. The molecule has 2 heterocycles. The molecule has 0 bridgehead atoms. The van der Waals surface area contributed by atoms with Gasteiger partial charge in [-0.1, -0.05) is 6.07 Å². The number of fused-ring (bicyclic) bond motifs is 1. The Kier molecular flexibility index (Phi) is 5.28. The molecular weight excluding hydrogens is 361 g/mol. The molecule has 28 heavy (non-hydrogen) atoms. The van der Waals surface area contributed by atoms with Crippen LogP contribution in [0.1, 0.15) is 47.5 Å². The third-order valence-electron chi connectivity index (χ3n) is 5.37. The number of Topliss-reactive ketones (excluding diaryl/α,β-unsaturated/α-hetero) is 1. The Balaban J connectivity index is 1.25. The Labute approximate surface area is 163 Å². The van der Waals surface area contributed by atoms with Crippen molar-refractivity contribution in [2.45, 2.75) is 31.6 Å². The van der Waals surface area contributed by atoms with E-state index in [-0.39, 0.29) is 30.7 Å². The first-order chi connectivity index (χ1) is 13.6. The van der Waals surface area contributed by atoms with Crippen LogP contribution < -0.4 is 9.47 Å². The number of halogens is 1. The molecule has 4 rings (SSSR count). The highest BCUT2D eigenvalue weighted by atomic mass is 19.1. The summed E-state index contributed by atoms with van der Waals surface area (Å²) in [5.74, 6) is 1.47. The van der Waals surface area contributed by atoms with Gasteiger partial charge in [0.25, 0.3) is 0 Å². The molecule has 0 spiro atoms. The van der Waals surface area contributed by atoms with Crippen LogP contribution in [0.4, 0.5) is 4.39 Å². The number of benzene rings is 2. The molecule has 1 amide bonds. The quantitative estimate of drug-likeness (QED) is 0.710. The molecule has 6 heteroatoms. The van der Waals surface area contributed by atoms with Crippen LogP contribution in [0.25, 0.3) is 0 Å². The van der Waals surface area contributed by atoms with Gasteiger partial charge in [-0.3, -0.25) is 9.59 Å². The number of likely N-dealkylation sites (tertiary alicyclic amines) is 1. The van der Waals surface area contributed by atoms with E-state index in [2.05, 4.69) is 0 Å². The minimum atomic E-state index is -0.363. The van der Waals surface area contributed by atoms with Crippen molar-refractivity contribution < 1.29 is 23.5 Å². The fourth-order valence-corrected chi connectivity index (χ4v) is 3.76. The van der Waals surface area contributed by atoms with Gasteiger partial charge in [0.15, 0.2) is 17.3 Å². The predicted octanol–water partition coefficient (Wildman–Crippen LogP) is 3.92. The summed E-state index contributed by atoms with van der Waals surface area (Å²) in [5.41, 5.74) is 1.64. The summed E-state index contributed by atoms with van der Waals surface area (Å²) >= 11 is 0. The molecule has 5 nitrogen and oxygen atoms in total. The zero-order valence-electron chi connectivity index (χ0n) is 15.5. The molecule has 0 radical (unpaired) electrons. The van der Waals surface area contributed by atoms with E-state index in [4.69, 9.17) is 9.47 Å². The third kappa shape index (κ3) is 4.01. The lowest BCUT2D eigenvalue weighted by atomic mass is 9.98. The second-order valence-corrected chi connectivity index (χ2v) is 7.22. The monoisotopic (exact) mass is 383 g/mol. The van der Waals surface area contributed by atoms with Crippen molar-refractivity contribution in [3.05, 3.63) is 59.4 Å². The van der Waals surface area contributed by atoms with Crippen molar-refractivity contribution in [1.82, 2.24) is 4.90 Å². The largest absolute Gasteiger partial charge is 0.454 e. The van der Waals surface area contributed by atoms with Gasteiger partial charge < -0.3 is 14.4 Å². The molecule has 0 aromatic heterocycles. The standard InChI is InChI=1S/C22H22FNO4/c23-18-7-4-15(5-8-18)19(25)2-1-3-22(26)24-11-10-17(13-24)16-6-9-20-21(12-16)28-14-27-20/h4-9,12,17H,1-3,10-11,13-14H2. The molecule has 0 N–H and O–H groups in total. The number of carbonyl (C=O) groups is 2. The molecule has 2 aromatic carbocycles. The first-order valence-corrected chi connectivity index (χ1v) is 9.56. The van der Waals surface area contributed by atoms with Gasteiger partial charge in [-0.25, -0.2) is 4.39 Å². The highest BCUT2D eigenvalue weighted by Crippen LogP contribution is 2.37. The molecule has 0 saturated carbocycles. The number of ether oxygens (including phenoxy) is 2. The smallest absolute Gasteiger partial charge is 0.231 e. The van der Waals surface area contributed by atoms with E-state index in [0.717, 1.165) is 30.0 Å². The van der Waals surface area contributed by atoms with E-state index in [1.165, 1.54) is 24.3 Å². The maximum atomic E-state index is 12.9. The van der Waals surface area contributed by atoms with Crippen LogP contribution in [0.5, 0.6) is 11.5 Å². The van der Waals surface area contributed by atoms with E-state index in [1.54, 1.807) is 0 Å². The van der Waals surface area contributed by atoms with Crippen LogP contribution in [0.2, 0.25) is 0 Å². The number of nitrogens with zero attached hydrogens (tertiary/aromatic N) is 1. The van der Waals surface area contributed by atoms with Crippen molar-refractivity contribution in [1.29, 1.82) is 0 Å². The van der Waals surface area contributed by atoms with Crippen molar-refractivity contribution in [3.8, 4) is 11.5 Å². The Morgan fingerprint density at radius 3 is 2.64 bits per heavy atom. The van der Waals surface area contributed by atoms with E-state index < -0.39 is 0 Å². The van der Waals surface area contributed by atoms with Crippen LogP contribution in [0.15, 0.2) is 42.5 Å². The molecule has 1 fully saturated rings. The Morgan fingerprint density at radius 1 is 1.04 bits per heavy atom. The predicted molar refractivity (Wildman–Crippen MR) is 101 cm³/mol. The van der Waals surface area contributed by atoms with Gasteiger partial charge in [-0.15, -0.1) is 0 Å². The molecule has 1 saturated heterocycles. The van der Waals surface area contributed by atoms with Gasteiger partial charge in [0.05, 0.1) is 0 Å². The minimum Gasteiger partial charge on any atom is -0.454 e. The number of carbonyl (C=O) groups excluding carboxylic acids is 2. The summed E-state index contributed by atoms with van der Waals surface area (Å²) in [6, 6.07) is 11.5. The Bertz CT molecular complexity index is 881. The number of hydrogen-bond acceptors (Lipinski definition) is 4. The van der Waals surface area contributed by atoms with Gasteiger partial charge in [0, 0.05) is 37.4 Å². The van der Waals surface area contributed by atoms with Crippen LogP contribution in [-0.4, -0.2) is 36.5 Å². The number of ketones is 1. The summed E-state index contributed by atoms with van der Waals surface area (Å²) in [6.45, 7) is 1.67. The highest BCUT2D eigenvalue weighted by Gasteiger charge is 2.28. The normalized spacial score (nSPS) is 17.8. The maximum absolute atomic E-state index is 12.9. The SMILES string of the molecule is O=C(CCCC(=O)N1CCC(c2ccc3c(c2)OCO3)C1)c1ccc(F)cc1. The second-order valence-electron chi connectivity index (χ2n) is 7.22. The molecule has 2 aliphatic heterocycles. The first-order valence-electron chi connectivity index (χ1n) is 9.56. The zero-order valence-corrected chi connectivity index (χ0v) is 15.5. The number of amides is 1. The van der Waals surface area contributed by atoms with Crippen LogP contribution in [-0.2, 0) is 4.79 Å². The van der Waals surface area contributed by atoms with Gasteiger partial charge >= 0.3 is 0 Å². The van der Waals surface area contributed by atoms with E-state index in [1.807, 2.05) is 23.1 Å². The Morgan fingerprint density at radius 2 is 1.82 bits per heavy atom. The van der Waals surface area contributed by atoms with Crippen molar-refractivity contribution in [2.24, 2.45) is 0 Å². The molecule has 1 unspecified atom stereocenters. The molecule has 2 aromatic rings. The van der Waals surface area contributed by atoms with Gasteiger partial charge in [-0.2, -0.15) is 0 Å². The molecule has 146 valence electrons. The average Bonchev–Trinajstić information content (AvgIpc) is 3.37. The maximum Gasteiger partial charge on any atom is 0.231 e. The van der Waals surface area contributed by atoms with Gasteiger partial charge in [-0.05, 0) is 54.8 Å². The molecule has 2 aliphatic rings. The van der Waals surface area contributed by atoms with Crippen LogP contribution in [0, 0.1) is 5.82 Å². The zero-order chi connectivity index (χ0) is 19.5. The lowest BCUT2D eigenvalue weighted by Crippen LogP contribution is -2.28. The summed E-state index contributed by atoms with van der Waals surface area (Å²) in [7, 11) is 0. The third-order valence-corrected chi connectivity index (χ3v) is 5.37. The highest BCUT2D eigenvalue weighted by molar-refractivity contribution is 5.96. The molecule has 1 atom stereocenters. The fourth-order valence-electron chi connectivity index (χ4n) is 3.76. The van der Waals surface area contributed by atoms with E-state index in [0.29, 0.717) is 30.9 Å². The summed E-state index contributed by atoms with van der Waals surface area (Å²) in [4.78, 5) is 26.5. The summed E-state index contributed by atoms with van der Waals surface area (Å²) < 4.78 is 23.7. The molecular formula is C22H22FNO4. The van der Waals surface area contributed by atoms with E-state index >= 15 is 0 Å². The van der Waals surface area contributed by atoms with Crippen molar-refractivity contribution in [2.75, 3.05) is 19.9 Å². The van der Waals surface area contributed by atoms with Crippen LogP contribution in [0.3, 0.4) is 0 Å². The number of hydrogen-bond donors (Lipinski definition) is 0. The average molecular weight is 383 g/mol.